The van der Waals surface area contributed by atoms with Gasteiger partial charge in [-0.15, -0.1) is 0 Å². The third-order valence-electron chi connectivity index (χ3n) is 4.49. The lowest BCUT2D eigenvalue weighted by Crippen LogP contribution is -2.48. The third-order valence-corrected chi connectivity index (χ3v) is 4.49. The van der Waals surface area contributed by atoms with Crippen LogP contribution in [0.2, 0.25) is 0 Å². The number of rotatable bonds is 5. The molecule has 1 fully saturated rings. The Morgan fingerprint density at radius 1 is 1.33 bits per heavy atom. The van der Waals surface area contributed by atoms with E-state index in [-0.39, 0.29) is 23.2 Å². The van der Waals surface area contributed by atoms with Crippen molar-refractivity contribution in [1.29, 1.82) is 0 Å². The molecule has 0 unspecified atom stereocenters. The van der Waals surface area contributed by atoms with Gasteiger partial charge in [-0.2, -0.15) is 0 Å². The van der Waals surface area contributed by atoms with Gasteiger partial charge in [-0.3, -0.25) is 4.79 Å². The summed E-state index contributed by atoms with van der Waals surface area (Å²) in [6.07, 6.45) is 3.72. The molecule has 0 radical (unpaired) electrons. The molecule has 0 aromatic heterocycles. The first kappa shape index (κ1) is 16.0. The molecule has 21 heavy (non-hydrogen) atoms. The topological polar surface area (TPSA) is 41.1 Å². The van der Waals surface area contributed by atoms with Crippen molar-refractivity contribution in [3.05, 3.63) is 35.6 Å². The highest BCUT2D eigenvalue weighted by Gasteiger charge is 2.38. The molecule has 3 nitrogen and oxygen atoms in total. The maximum absolute atomic E-state index is 13.0. The number of nitrogens with one attached hydrogen (secondary N) is 2. The van der Waals surface area contributed by atoms with E-state index >= 15 is 0 Å². The van der Waals surface area contributed by atoms with Gasteiger partial charge < -0.3 is 10.6 Å². The third kappa shape index (κ3) is 3.82. The minimum Gasteiger partial charge on any atom is -0.349 e. The van der Waals surface area contributed by atoms with E-state index in [2.05, 4.69) is 17.6 Å². The number of hydrogen-bond donors (Lipinski definition) is 2. The molecule has 2 rings (SSSR count). The Balaban J connectivity index is 2.05. The van der Waals surface area contributed by atoms with Gasteiger partial charge in [0, 0.05) is 0 Å². The molecular weight excluding hydrogens is 267 g/mol. The molecule has 1 amide bonds. The fourth-order valence-corrected chi connectivity index (χ4v) is 3.16. The van der Waals surface area contributed by atoms with E-state index in [1.165, 1.54) is 12.1 Å². The zero-order valence-electron chi connectivity index (χ0n) is 12.9. The summed E-state index contributed by atoms with van der Waals surface area (Å²) < 4.78 is 13.0. The first-order valence-electron chi connectivity index (χ1n) is 7.84. The molecule has 1 aliphatic heterocycles. The standard InChI is InChI=1S/C17H25FN2O/c1-3-8-17(9-11-19-12-10-17)16(21)20-13(2)14-4-6-15(18)7-5-14/h4-7,13,19H,3,8-12H2,1-2H3,(H,20,21)/t13-/m0/s1. The van der Waals surface area contributed by atoms with Crippen LogP contribution in [0, 0.1) is 11.2 Å². The van der Waals surface area contributed by atoms with Crippen LogP contribution >= 0.6 is 0 Å². The predicted octanol–water partition coefficient (Wildman–Crippen LogP) is 3.17. The molecule has 4 heteroatoms. The number of piperidine rings is 1. The largest absolute Gasteiger partial charge is 0.349 e. The monoisotopic (exact) mass is 292 g/mol. The highest BCUT2D eigenvalue weighted by Crippen LogP contribution is 2.35. The van der Waals surface area contributed by atoms with E-state index in [4.69, 9.17) is 0 Å². The highest BCUT2D eigenvalue weighted by molar-refractivity contribution is 5.83. The molecule has 1 aromatic carbocycles. The summed E-state index contributed by atoms with van der Waals surface area (Å²) in [7, 11) is 0. The van der Waals surface area contributed by atoms with Gasteiger partial charge in [0.25, 0.3) is 0 Å². The average Bonchev–Trinajstić information content (AvgIpc) is 2.49. The van der Waals surface area contributed by atoms with Crippen LogP contribution in [0.5, 0.6) is 0 Å². The number of hydrogen-bond acceptors (Lipinski definition) is 2. The van der Waals surface area contributed by atoms with Crippen molar-refractivity contribution in [3.8, 4) is 0 Å². The SMILES string of the molecule is CCCC1(C(=O)N[C@@H](C)c2ccc(F)cc2)CCNCC1. The highest BCUT2D eigenvalue weighted by atomic mass is 19.1. The van der Waals surface area contributed by atoms with Crippen LogP contribution in [0.4, 0.5) is 4.39 Å². The molecule has 0 spiro atoms. The average molecular weight is 292 g/mol. The van der Waals surface area contributed by atoms with E-state index in [1.807, 2.05) is 6.92 Å². The quantitative estimate of drug-likeness (QED) is 0.875. The Morgan fingerprint density at radius 2 is 1.95 bits per heavy atom. The Bertz CT molecular complexity index is 461. The first-order chi connectivity index (χ1) is 10.1. The van der Waals surface area contributed by atoms with Crippen molar-refractivity contribution in [2.75, 3.05) is 13.1 Å². The zero-order chi connectivity index (χ0) is 15.3. The summed E-state index contributed by atoms with van der Waals surface area (Å²) in [6.45, 7) is 5.88. The molecule has 116 valence electrons. The fraction of sp³-hybridized carbons (Fsp3) is 0.588. The van der Waals surface area contributed by atoms with Gasteiger partial charge in [0.15, 0.2) is 0 Å². The van der Waals surface area contributed by atoms with E-state index in [0.717, 1.165) is 44.3 Å². The smallest absolute Gasteiger partial charge is 0.226 e. The summed E-state index contributed by atoms with van der Waals surface area (Å²) in [4.78, 5) is 12.7. The lowest BCUT2D eigenvalue weighted by Gasteiger charge is -2.37. The first-order valence-corrected chi connectivity index (χ1v) is 7.84. The number of carbonyl (C=O) groups excluding carboxylic acids is 1. The van der Waals surface area contributed by atoms with Crippen LogP contribution < -0.4 is 10.6 Å². The van der Waals surface area contributed by atoms with Gasteiger partial charge >= 0.3 is 0 Å². The van der Waals surface area contributed by atoms with Gasteiger partial charge in [0.2, 0.25) is 5.91 Å². The molecule has 1 aromatic rings. The van der Waals surface area contributed by atoms with Crippen molar-refractivity contribution in [1.82, 2.24) is 10.6 Å². The predicted molar refractivity (Wildman–Crippen MR) is 82.4 cm³/mol. The number of halogens is 1. The fourth-order valence-electron chi connectivity index (χ4n) is 3.16. The number of carbonyl (C=O) groups is 1. The van der Waals surface area contributed by atoms with Crippen LogP contribution in [-0.4, -0.2) is 19.0 Å². The van der Waals surface area contributed by atoms with Crippen molar-refractivity contribution in [2.45, 2.75) is 45.6 Å². The summed E-state index contributed by atoms with van der Waals surface area (Å²) in [5.41, 5.74) is 0.694. The zero-order valence-corrected chi connectivity index (χ0v) is 12.9. The molecule has 0 bridgehead atoms. The molecule has 2 N–H and O–H groups in total. The molecule has 0 saturated carbocycles. The molecule has 1 heterocycles. The van der Waals surface area contributed by atoms with E-state index in [9.17, 15) is 9.18 Å². The lowest BCUT2D eigenvalue weighted by molar-refractivity contribution is -0.133. The second-order valence-electron chi connectivity index (χ2n) is 6.03. The van der Waals surface area contributed by atoms with E-state index in [0.29, 0.717) is 0 Å². The summed E-state index contributed by atoms with van der Waals surface area (Å²) >= 11 is 0. The maximum atomic E-state index is 13.0. The van der Waals surface area contributed by atoms with Gasteiger partial charge in [0.05, 0.1) is 11.5 Å². The Morgan fingerprint density at radius 3 is 2.52 bits per heavy atom. The van der Waals surface area contributed by atoms with Crippen LogP contribution in [0.1, 0.15) is 51.1 Å². The van der Waals surface area contributed by atoms with Crippen molar-refractivity contribution in [3.63, 3.8) is 0 Å². The van der Waals surface area contributed by atoms with Crippen LogP contribution in [-0.2, 0) is 4.79 Å². The number of amides is 1. The van der Waals surface area contributed by atoms with E-state index in [1.54, 1.807) is 12.1 Å². The van der Waals surface area contributed by atoms with Crippen LogP contribution in [0.3, 0.4) is 0 Å². The Labute approximate surface area is 126 Å². The maximum Gasteiger partial charge on any atom is 0.226 e. The normalized spacial score (nSPS) is 19.0. The molecule has 1 saturated heterocycles. The van der Waals surface area contributed by atoms with Gasteiger partial charge in [-0.25, -0.2) is 4.39 Å². The van der Waals surface area contributed by atoms with Crippen molar-refractivity contribution < 1.29 is 9.18 Å². The number of benzene rings is 1. The minimum atomic E-state index is -0.252. The molecule has 1 atom stereocenters. The second-order valence-corrected chi connectivity index (χ2v) is 6.03. The lowest BCUT2D eigenvalue weighted by atomic mass is 9.74. The van der Waals surface area contributed by atoms with Gasteiger partial charge in [-0.1, -0.05) is 25.5 Å². The summed E-state index contributed by atoms with van der Waals surface area (Å²) in [5.74, 6) is -0.110. The van der Waals surface area contributed by atoms with Crippen LogP contribution in [0.15, 0.2) is 24.3 Å². The Kier molecular flexibility index (Phi) is 5.34. The van der Waals surface area contributed by atoms with Gasteiger partial charge in [0.1, 0.15) is 5.82 Å². The molecule has 1 aliphatic rings. The summed E-state index contributed by atoms with van der Waals surface area (Å²) in [5, 5.41) is 6.44. The summed E-state index contributed by atoms with van der Waals surface area (Å²) in [6, 6.07) is 6.24. The Hall–Kier alpha value is -1.42. The minimum absolute atomic E-state index is 0.0956. The molecular formula is C17H25FN2O. The van der Waals surface area contributed by atoms with Crippen molar-refractivity contribution in [2.24, 2.45) is 5.41 Å². The van der Waals surface area contributed by atoms with Gasteiger partial charge in [-0.05, 0) is 57.0 Å². The van der Waals surface area contributed by atoms with Crippen molar-refractivity contribution >= 4 is 5.91 Å². The van der Waals surface area contributed by atoms with Crippen LogP contribution in [0.25, 0.3) is 0 Å². The second kappa shape index (κ2) is 7.03. The molecule has 0 aliphatic carbocycles. The van der Waals surface area contributed by atoms with E-state index < -0.39 is 0 Å².